The number of aliphatic hydroxyl groups is 1. The third-order valence-corrected chi connectivity index (χ3v) is 5.35. The summed E-state index contributed by atoms with van der Waals surface area (Å²) in [5.41, 5.74) is 0. The number of aliphatic hydroxyl groups excluding tert-OH is 1. The summed E-state index contributed by atoms with van der Waals surface area (Å²) in [5.74, 6) is -0.0450. The van der Waals surface area contributed by atoms with Crippen LogP contribution in [0.4, 0.5) is 4.39 Å². The summed E-state index contributed by atoms with van der Waals surface area (Å²) in [5, 5.41) is 9.92. The highest BCUT2D eigenvalue weighted by molar-refractivity contribution is 7.91. The Labute approximate surface area is 124 Å². The molecule has 0 spiro atoms. The molecule has 2 unspecified atom stereocenters. The van der Waals surface area contributed by atoms with Crippen LogP contribution >= 0.6 is 0 Å². The molecule has 1 N–H and O–H groups in total. The van der Waals surface area contributed by atoms with Gasteiger partial charge in [-0.15, -0.1) is 0 Å². The van der Waals surface area contributed by atoms with E-state index in [1.54, 1.807) is 19.2 Å². The average molecular weight is 317 g/mol. The molecule has 1 fully saturated rings. The van der Waals surface area contributed by atoms with Crippen molar-refractivity contribution in [2.45, 2.75) is 18.6 Å². The molecule has 0 bridgehead atoms. The van der Waals surface area contributed by atoms with Crippen LogP contribution in [0.1, 0.15) is 6.42 Å². The molecular formula is C14H20FNO4S. The van der Waals surface area contributed by atoms with E-state index in [1.165, 1.54) is 12.1 Å². The Hall–Kier alpha value is -1.18. The van der Waals surface area contributed by atoms with Crippen molar-refractivity contribution in [3.05, 3.63) is 30.1 Å². The Morgan fingerprint density at radius 3 is 2.81 bits per heavy atom. The Bertz CT molecular complexity index is 578. The lowest BCUT2D eigenvalue weighted by Crippen LogP contribution is -2.40. The molecule has 7 heteroatoms. The first-order chi connectivity index (χ1) is 9.87. The van der Waals surface area contributed by atoms with Gasteiger partial charge in [-0.1, -0.05) is 12.1 Å². The van der Waals surface area contributed by atoms with Crippen LogP contribution in [0, 0.1) is 5.82 Å². The van der Waals surface area contributed by atoms with Gasteiger partial charge in [-0.25, -0.2) is 12.8 Å². The zero-order valence-corrected chi connectivity index (χ0v) is 12.7. The lowest BCUT2D eigenvalue weighted by molar-refractivity contribution is 0.0650. The van der Waals surface area contributed by atoms with Crippen LogP contribution in [0.3, 0.4) is 0 Å². The lowest BCUT2D eigenvalue weighted by Gasteiger charge is -2.25. The summed E-state index contributed by atoms with van der Waals surface area (Å²) in [6.07, 6.45) is -0.224. The van der Waals surface area contributed by atoms with Crippen molar-refractivity contribution in [1.82, 2.24) is 4.90 Å². The second-order valence-corrected chi connectivity index (χ2v) is 7.62. The number of nitrogens with zero attached hydrogens (tertiary/aromatic N) is 1. The fourth-order valence-electron chi connectivity index (χ4n) is 2.40. The van der Waals surface area contributed by atoms with Crippen LogP contribution in [0.15, 0.2) is 24.3 Å². The van der Waals surface area contributed by atoms with Crippen LogP contribution in [0.2, 0.25) is 0 Å². The van der Waals surface area contributed by atoms with Gasteiger partial charge in [0.1, 0.15) is 12.7 Å². The molecule has 118 valence electrons. The van der Waals surface area contributed by atoms with E-state index in [0.29, 0.717) is 6.42 Å². The van der Waals surface area contributed by atoms with E-state index in [2.05, 4.69) is 0 Å². The Balaban J connectivity index is 1.79. The van der Waals surface area contributed by atoms with Crippen molar-refractivity contribution in [1.29, 1.82) is 0 Å². The van der Waals surface area contributed by atoms with E-state index in [4.69, 9.17) is 4.74 Å². The lowest BCUT2D eigenvalue weighted by atomic mass is 10.2. The third kappa shape index (κ3) is 4.66. The van der Waals surface area contributed by atoms with Gasteiger partial charge >= 0.3 is 0 Å². The number of halogens is 1. The molecule has 1 aliphatic heterocycles. The number of ether oxygens (including phenoxy) is 1. The number of benzene rings is 1. The van der Waals surface area contributed by atoms with Crippen LogP contribution in [-0.4, -0.2) is 62.3 Å². The zero-order valence-electron chi connectivity index (χ0n) is 11.9. The highest BCUT2D eigenvalue weighted by atomic mass is 32.2. The van der Waals surface area contributed by atoms with Gasteiger partial charge < -0.3 is 9.84 Å². The molecule has 1 aliphatic rings. The number of rotatable bonds is 6. The normalized spacial score (nSPS) is 22.4. The van der Waals surface area contributed by atoms with E-state index in [-0.39, 0.29) is 36.4 Å². The molecule has 0 aliphatic carbocycles. The van der Waals surface area contributed by atoms with Crippen molar-refractivity contribution in [3.8, 4) is 5.75 Å². The van der Waals surface area contributed by atoms with Gasteiger partial charge in [0, 0.05) is 12.6 Å². The topological polar surface area (TPSA) is 66.8 Å². The minimum Gasteiger partial charge on any atom is -0.488 e. The maximum Gasteiger partial charge on any atom is 0.165 e. The van der Waals surface area contributed by atoms with Crippen molar-refractivity contribution in [2.24, 2.45) is 0 Å². The molecule has 1 heterocycles. The summed E-state index contributed by atoms with van der Waals surface area (Å²) in [4.78, 5) is 1.82. The van der Waals surface area contributed by atoms with Crippen molar-refractivity contribution in [3.63, 3.8) is 0 Å². The van der Waals surface area contributed by atoms with Crippen LogP contribution in [0.5, 0.6) is 5.75 Å². The van der Waals surface area contributed by atoms with Crippen molar-refractivity contribution in [2.75, 3.05) is 31.7 Å². The molecule has 5 nitrogen and oxygen atoms in total. The van der Waals surface area contributed by atoms with Crippen LogP contribution in [0.25, 0.3) is 0 Å². The predicted octanol–water partition coefficient (Wildman–Crippen LogP) is 0.684. The van der Waals surface area contributed by atoms with Gasteiger partial charge in [-0.2, -0.15) is 0 Å². The molecule has 1 saturated heterocycles. The Morgan fingerprint density at radius 2 is 2.19 bits per heavy atom. The zero-order chi connectivity index (χ0) is 15.5. The summed E-state index contributed by atoms with van der Waals surface area (Å²) in [6.45, 7) is 0.249. The minimum absolute atomic E-state index is 0.0370. The predicted molar refractivity (Wildman–Crippen MR) is 77.6 cm³/mol. The highest BCUT2D eigenvalue weighted by Gasteiger charge is 2.31. The number of hydrogen-bond donors (Lipinski definition) is 1. The highest BCUT2D eigenvalue weighted by Crippen LogP contribution is 2.18. The molecule has 1 aromatic carbocycles. The van der Waals surface area contributed by atoms with E-state index in [9.17, 15) is 17.9 Å². The molecule has 21 heavy (non-hydrogen) atoms. The quantitative estimate of drug-likeness (QED) is 0.836. The van der Waals surface area contributed by atoms with Gasteiger partial charge in [-0.3, -0.25) is 4.90 Å². The molecule has 2 rings (SSSR count). The number of para-hydroxylation sites is 1. The SMILES string of the molecule is CN(CC(O)COc1ccccc1F)C1CCS(=O)(=O)C1. The van der Waals surface area contributed by atoms with Crippen molar-refractivity contribution >= 4 is 9.84 Å². The van der Waals surface area contributed by atoms with Crippen molar-refractivity contribution < 1.29 is 22.7 Å². The summed E-state index contributed by atoms with van der Waals surface area (Å²) >= 11 is 0. The maximum absolute atomic E-state index is 13.3. The largest absolute Gasteiger partial charge is 0.488 e. The average Bonchev–Trinajstić information content (AvgIpc) is 2.78. The summed E-state index contributed by atoms with van der Waals surface area (Å²) in [6, 6.07) is 5.93. The molecule has 0 aromatic heterocycles. The molecule has 0 saturated carbocycles. The number of hydrogen-bond acceptors (Lipinski definition) is 5. The fourth-order valence-corrected chi connectivity index (χ4v) is 4.21. The second-order valence-electron chi connectivity index (χ2n) is 5.39. The first kappa shape index (κ1) is 16.2. The monoisotopic (exact) mass is 317 g/mol. The van der Waals surface area contributed by atoms with Gasteiger partial charge in [0.05, 0.1) is 11.5 Å². The van der Waals surface area contributed by atoms with Gasteiger partial charge in [0.15, 0.2) is 21.4 Å². The molecule has 0 amide bonds. The smallest absolute Gasteiger partial charge is 0.165 e. The van der Waals surface area contributed by atoms with E-state index in [0.717, 1.165) is 0 Å². The van der Waals surface area contributed by atoms with Gasteiger partial charge in [0.2, 0.25) is 0 Å². The van der Waals surface area contributed by atoms with Crippen LogP contribution in [-0.2, 0) is 9.84 Å². The standard InChI is InChI=1S/C14H20FNO4S/c1-16(11-6-7-21(18,19)10-11)8-12(17)9-20-14-5-3-2-4-13(14)15/h2-5,11-12,17H,6-10H2,1H3. The first-order valence-corrected chi connectivity index (χ1v) is 8.65. The first-order valence-electron chi connectivity index (χ1n) is 6.83. The number of likely N-dealkylation sites (N-methyl/N-ethyl adjacent to an activating group) is 1. The maximum atomic E-state index is 13.3. The fraction of sp³-hybridized carbons (Fsp3) is 0.571. The summed E-state index contributed by atoms with van der Waals surface area (Å²) in [7, 11) is -1.17. The third-order valence-electron chi connectivity index (χ3n) is 3.60. The van der Waals surface area contributed by atoms with E-state index in [1.807, 2.05) is 4.90 Å². The van der Waals surface area contributed by atoms with Gasteiger partial charge in [0.25, 0.3) is 0 Å². The molecular weight excluding hydrogens is 297 g/mol. The van der Waals surface area contributed by atoms with E-state index < -0.39 is 21.8 Å². The minimum atomic E-state index is -2.94. The molecule has 0 radical (unpaired) electrons. The second kappa shape index (κ2) is 6.72. The molecule has 1 aromatic rings. The number of sulfone groups is 1. The Kier molecular flexibility index (Phi) is 5.18. The molecule has 2 atom stereocenters. The van der Waals surface area contributed by atoms with E-state index >= 15 is 0 Å². The van der Waals surface area contributed by atoms with Gasteiger partial charge in [-0.05, 0) is 25.6 Å². The Morgan fingerprint density at radius 1 is 1.48 bits per heavy atom. The van der Waals surface area contributed by atoms with Crippen LogP contribution < -0.4 is 4.74 Å². The summed E-state index contributed by atoms with van der Waals surface area (Å²) < 4.78 is 41.4.